The molecular formula is C15H26N2O3. The van der Waals surface area contributed by atoms with Crippen LogP contribution in [0.4, 0.5) is 4.79 Å². The third-order valence-corrected chi connectivity index (χ3v) is 4.85. The van der Waals surface area contributed by atoms with Crippen molar-refractivity contribution in [1.29, 1.82) is 0 Å². The maximum Gasteiger partial charge on any atom is 0.326 e. The van der Waals surface area contributed by atoms with Gasteiger partial charge in [0, 0.05) is 12.6 Å². The average Bonchev–Trinajstić information content (AvgIpc) is 2.60. The van der Waals surface area contributed by atoms with E-state index in [2.05, 4.69) is 19.2 Å². The fourth-order valence-corrected chi connectivity index (χ4v) is 3.43. The zero-order chi connectivity index (χ0) is 14.8. The van der Waals surface area contributed by atoms with Crippen LogP contribution < -0.4 is 5.32 Å². The first-order chi connectivity index (χ1) is 9.42. The Kier molecular flexibility index (Phi) is 4.55. The van der Waals surface area contributed by atoms with E-state index < -0.39 is 12.0 Å². The second kappa shape index (κ2) is 6.02. The highest BCUT2D eigenvalue weighted by molar-refractivity contribution is 5.83. The van der Waals surface area contributed by atoms with Gasteiger partial charge < -0.3 is 15.3 Å². The molecule has 1 saturated carbocycles. The van der Waals surface area contributed by atoms with E-state index in [1.807, 2.05) is 0 Å². The van der Waals surface area contributed by atoms with Crippen molar-refractivity contribution in [2.45, 2.75) is 70.9 Å². The van der Waals surface area contributed by atoms with Crippen molar-refractivity contribution in [2.75, 3.05) is 6.54 Å². The van der Waals surface area contributed by atoms with E-state index in [-0.39, 0.29) is 17.5 Å². The second-order valence-corrected chi connectivity index (χ2v) is 6.78. The first-order valence-corrected chi connectivity index (χ1v) is 7.72. The Balaban J connectivity index is 2.03. The van der Waals surface area contributed by atoms with Crippen molar-refractivity contribution >= 4 is 12.0 Å². The summed E-state index contributed by atoms with van der Waals surface area (Å²) in [6, 6.07) is -0.700. The molecule has 20 heavy (non-hydrogen) atoms. The summed E-state index contributed by atoms with van der Waals surface area (Å²) < 4.78 is 0. The quantitative estimate of drug-likeness (QED) is 0.818. The fraction of sp³-hybridized carbons (Fsp3) is 0.867. The molecule has 1 heterocycles. The number of carboxylic acid groups (broad SMARTS) is 1. The van der Waals surface area contributed by atoms with E-state index in [0.717, 1.165) is 38.5 Å². The van der Waals surface area contributed by atoms with Gasteiger partial charge in [0.05, 0.1) is 0 Å². The molecule has 2 aliphatic rings. The summed E-state index contributed by atoms with van der Waals surface area (Å²) in [6.07, 6.45) is 6.57. The normalized spacial score (nSPS) is 29.8. The predicted molar refractivity (Wildman–Crippen MR) is 76.5 cm³/mol. The largest absolute Gasteiger partial charge is 0.480 e. The van der Waals surface area contributed by atoms with Crippen LogP contribution in [0.1, 0.15) is 58.8 Å². The number of likely N-dealkylation sites (tertiary alicyclic amines) is 1. The first-order valence-electron chi connectivity index (χ1n) is 7.72. The highest BCUT2D eigenvalue weighted by Gasteiger charge is 2.38. The van der Waals surface area contributed by atoms with E-state index >= 15 is 0 Å². The highest BCUT2D eigenvalue weighted by Crippen LogP contribution is 2.37. The number of nitrogens with one attached hydrogen (secondary N) is 1. The van der Waals surface area contributed by atoms with Crippen LogP contribution in [0.3, 0.4) is 0 Å². The molecule has 5 heteroatoms. The lowest BCUT2D eigenvalue weighted by Crippen LogP contribution is -2.53. The zero-order valence-corrected chi connectivity index (χ0v) is 12.5. The van der Waals surface area contributed by atoms with E-state index in [0.29, 0.717) is 13.0 Å². The lowest BCUT2D eigenvalue weighted by molar-refractivity contribution is -0.142. The van der Waals surface area contributed by atoms with Gasteiger partial charge in [-0.3, -0.25) is 0 Å². The van der Waals surface area contributed by atoms with Gasteiger partial charge in [-0.25, -0.2) is 9.59 Å². The minimum atomic E-state index is -0.882. The van der Waals surface area contributed by atoms with Crippen molar-refractivity contribution in [2.24, 2.45) is 5.41 Å². The number of rotatable bonds is 2. The van der Waals surface area contributed by atoms with E-state index in [9.17, 15) is 14.7 Å². The summed E-state index contributed by atoms with van der Waals surface area (Å²) in [5.41, 5.74) is 0.111. The van der Waals surface area contributed by atoms with Gasteiger partial charge in [-0.15, -0.1) is 0 Å². The molecule has 2 N–H and O–H groups in total. The number of nitrogens with zero attached hydrogens (tertiary/aromatic N) is 1. The van der Waals surface area contributed by atoms with Crippen molar-refractivity contribution in [1.82, 2.24) is 10.2 Å². The van der Waals surface area contributed by atoms with E-state index in [1.165, 1.54) is 4.90 Å². The molecule has 0 aromatic carbocycles. The number of urea groups is 1. The summed E-state index contributed by atoms with van der Waals surface area (Å²) in [6.45, 7) is 4.89. The van der Waals surface area contributed by atoms with E-state index in [1.54, 1.807) is 0 Å². The highest BCUT2D eigenvalue weighted by atomic mass is 16.4. The Bertz CT molecular complexity index is 381. The van der Waals surface area contributed by atoms with Gasteiger partial charge in [0.1, 0.15) is 6.04 Å². The van der Waals surface area contributed by atoms with Gasteiger partial charge in [-0.1, -0.05) is 33.1 Å². The number of hydrogen-bond acceptors (Lipinski definition) is 2. The Morgan fingerprint density at radius 3 is 2.50 bits per heavy atom. The Morgan fingerprint density at radius 1 is 1.15 bits per heavy atom. The van der Waals surface area contributed by atoms with Gasteiger partial charge in [-0.05, 0) is 31.1 Å². The maximum absolute atomic E-state index is 12.5. The first kappa shape index (κ1) is 15.1. The fourth-order valence-electron chi connectivity index (χ4n) is 3.43. The summed E-state index contributed by atoms with van der Waals surface area (Å²) in [5, 5.41) is 12.4. The van der Waals surface area contributed by atoms with Crippen molar-refractivity contribution in [3.8, 4) is 0 Å². The van der Waals surface area contributed by atoms with Gasteiger partial charge in [0.2, 0.25) is 0 Å². The van der Waals surface area contributed by atoms with Crippen LogP contribution in [0, 0.1) is 5.41 Å². The van der Waals surface area contributed by atoms with Crippen LogP contribution in [0.25, 0.3) is 0 Å². The Labute approximate surface area is 120 Å². The molecule has 0 spiro atoms. The molecule has 0 radical (unpaired) electrons. The van der Waals surface area contributed by atoms with Crippen molar-refractivity contribution in [3.05, 3.63) is 0 Å². The summed E-state index contributed by atoms with van der Waals surface area (Å²) in [7, 11) is 0. The molecule has 1 aliphatic carbocycles. The molecule has 1 aliphatic heterocycles. The lowest BCUT2D eigenvalue weighted by Gasteiger charge is -2.33. The van der Waals surface area contributed by atoms with Crippen LogP contribution in [0.15, 0.2) is 0 Å². The van der Waals surface area contributed by atoms with Crippen molar-refractivity contribution in [3.63, 3.8) is 0 Å². The van der Waals surface area contributed by atoms with Gasteiger partial charge in [-0.2, -0.15) is 0 Å². The number of carbonyl (C=O) groups is 2. The number of carbonyl (C=O) groups excluding carboxylic acids is 1. The van der Waals surface area contributed by atoms with Crippen LogP contribution in [0.5, 0.6) is 0 Å². The van der Waals surface area contributed by atoms with Crippen LogP contribution >= 0.6 is 0 Å². The number of aliphatic carboxylic acids is 1. The molecule has 2 atom stereocenters. The second-order valence-electron chi connectivity index (χ2n) is 6.78. The Morgan fingerprint density at radius 2 is 1.90 bits per heavy atom. The molecule has 5 nitrogen and oxygen atoms in total. The topological polar surface area (TPSA) is 69.6 Å². The average molecular weight is 282 g/mol. The van der Waals surface area contributed by atoms with Crippen LogP contribution in [-0.4, -0.2) is 40.6 Å². The standard InChI is InChI=1S/C15H26N2O3/c1-15(2)9-6-8-12(15)16-14(20)17-10-5-3-4-7-11(17)13(18)19/h11-12H,3-10H2,1-2H3,(H,16,20)(H,18,19). The summed E-state index contributed by atoms with van der Waals surface area (Å²) in [4.78, 5) is 25.4. The third kappa shape index (κ3) is 3.25. The SMILES string of the molecule is CC1(C)CCCC1NC(=O)N1CCCCCC1C(=O)O. The molecule has 2 rings (SSSR count). The van der Waals surface area contributed by atoms with Crippen LogP contribution in [-0.2, 0) is 4.79 Å². The van der Waals surface area contributed by atoms with Gasteiger partial charge in [0.25, 0.3) is 0 Å². The molecule has 114 valence electrons. The smallest absolute Gasteiger partial charge is 0.326 e. The molecular weight excluding hydrogens is 256 g/mol. The summed E-state index contributed by atoms with van der Waals surface area (Å²) in [5.74, 6) is -0.882. The molecule has 0 aromatic heterocycles. The van der Waals surface area contributed by atoms with Crippen molar-refractivity contribution < 1.29 is 14.7 Å². The minimum absolute atomic E-state index is 0.111. The monoisotopic (exact) mass is 282 g/mol. The van der Waals surface area contributed by atoms with E-state index in [4.69, 9.17) is 0 Å². The molecule has 2 amide bonds. The summed E-state index contributed by atoms with van der Waals surface area (Å²) >= 11 is 0. The van der Waals surface area contributed by atoms with Gasteiger partial charge >= 0.3 is 12.0 Å². The lowest BCUT2D eigenvalue weighted by atomic mass is 9.87. The molecule has 0 bridgehead atoms. The minimum Gasteiger partial charge on any atom is -0.480 e. The zero-order valence-electron chi connectivity index (χ0n) is 12.5. The maximum atomic E-state index is 12.5. The third-order valence-electron chi connectivity index (χ3n) is 4.85. The molecule has 1 saturated heterocycles. The predicted octanol–water partition coefficient (Wildman–Crippen LogP) is 2.60. The molecule has 0 aromatic rings. The molecule has 2 fully saturated rings. The number of hydrogen-bond donors (Lipinski definition) is 2. The number of amides is 2. The van der Waals surface area contributed by atoms with Gasteiger partial charge in [0.15, 0.2) is 0 Å². The number of carboxylic acids is 1. The molecule has 2 unspecified atom stereocenters. The van der Waals surface area contributed by atoms with Crippen LogP contribution in [0.2, 0.25) is 0 Å². The Hall–Kier alpha value is -1.26.